The standard InChI is InChI=1S/C9H10ClN5OS/c1-5-8(10)17-9(13-5)15-4-6(2-7(15)16)3-12-14-11/h6H,2-4H2,1H3. The van der Waals surface area contributed by atoms with Crippen molar-refractivity contribution in [2.75, 3.05) is 18.0 Å². The molecule has 2 heterocycles. The Bertz CT molecular complexity index is 476. The largest absolute Gasteiger partial charge is 0.288 e. The maximum Gasteiger partial charge on any atom is 0.229 e. The van der Waals surface area contributed by atoms with Crippen molar-refractivity contribution in [1.82, 2.24) is 4.98 Å². The van der Waals surface area contributed by atoms with Crippen LogP contribution in [0.25, 0.3) is 10.4 Å². The molecule has 17 heavy (non-hydrogen) atoms. The average molecular weight is 272 g/mol. The van der Waals surface area contributed by atoms with Crippen molar-refractivity contribution < 1.29 is 4.79 Å². The van der Waals surface area contributed by atoms with Crippen LogP contribution in [0.5, 0.6) is 0 Å². The Morgan fingerprint density at radius 3 is 3.12 bits per heavy atom. The van der Waals surface area contributed by atoms with Crippen LogP contribution < -0.4 is 4.90 Å². The van der Waals surface area contributed by atoms with Crippen LogP contribution in [0.2, 0.25) is 4.34 Å². The van der Waals surface area contributed by atoms with E-state index in [1.165, 1.54) is 11.3 Å². The van der Waals surface area contributed by atoms with Gasteiger partial charge in [-0.15, -0.1) is 0 Å². The first-order valence-corrected chi connectivity index (χ1v) is 6.25. The third-order valence-electron chi connectivity index (χ3n) is 2.57. The number of carbonyl (C=O) groups excluding carboxylic acids is 1. The highest BCUT2D eigenvalue weighted by Gasteiger charge is 2.32. The Balaban J connectivity index is 2.12. The summed E-state index contributed by atoms with van der Waals surface area (Å²) in [7, 11) is 0. The number of amides is 1. The highest BCUT2D eigenvalue weighted by atomic mass is 35.5. The van der Waals surface area contributed by atoms with Gasteiger partial charge in [0.1, 0.15) is 4.34 Å². The molecule has 1 amide bonds. The molecule has 1 saturated heterocycles. The molecule has 0 aliphatic carbocycles. The van der Waals surface area contributed by atoms with E-state index in [-0.39, 0.29) is 11.8 Å². The number of aromatic nitrogens is 1. The second-order valence-corrected chi connectivity index (χ2v) is 5.42. The van der Waals surface area contributed by atoms with Crippen LogP contribution in [-0.2, 0) is 4.79 Å². The summed E-state index contributed by atoms with van der Waals surface area (Å²) in [5, 5.41) is 4.12. The van der Waals surface area contributed by atoms with E-state index in [0.717, 1.165) is 5.69 Å². The van der Waals surface area contributed by atoms with Gasteiger partial charge < -0.3 is 0 Å². The number of carbonyl (C=O) groups is 1. The number of hydrogen-bond donors (Lipinski definition) is 0. The third-order valence-corrected chi connectivity index (χ3v) is 4.04. The second kappa shape index (κ2) is 4.91. The smallest absolute Gasteiger partial charge is 0.229 e. The Labute approximate surface area is 107 Å². The molecule has 6 nitrogen and oxygen atoms in total. The molecule has 0 bridgehead atoms. The van der Waals surface area contributed by atoms with Gasteiger partial charge in [-0.3, -0.25) is 9.69 Å². The van der Waals surface area contributed by atoms with Gasteiger partial charge in [-0.2, -0.15) is 0 Å². The first kappa shape index (κ1) is 12.2. The monoisotopic (exact) mass is 271 g/mol. The van der Waals surface area contributed by atoms with Crippen molar-refractivity contribution >= 4 is 34.0 Å². The fraction of sp³-hybridized carbons (Fsp3) is 0.556. The van der Waals surface area contributed by atoms with Crippen molar-refractivity contribution in [2.24, 2.45) is 11.0 Å². The molecular formula is C9H10ClN5OS. The lowest BCUT2D eigenvalue weighted by atomic mass is 10.1. The van der Waals surface area contributed by atoms with Crippen LogP contribution in [0.15, 0.2) is 5.11 Å². The van der Waals surface area contributed by atoms with E-state index >= 15 is 0 Å². The zero-order valence-electron chi connectivity index (χ0n) is 9.13. The number of hydrogen-bond acceptors (Lipinski definition) is 4. The summed E-state index contributed by atoms with van der Waals surface area (Å²) in [4.78, 5) is 20.3. The van der Waals surface area contributed by atoms with Gasteiger partial charge >= 0.3 is 0 Å². The first-order valence-electron chi connectivity index (χ1n) is 5.06. The Morgan fingerprint density at radius 1 is 1.76 bits per heavy atom. The SMILES string of the molecule is Cc1nc(N2CC(CN=[N+]=[N-])CC2=O)sc1Cl. The van der Waals surface area contributed by atoms with Gasteiger partial charge in [0.15, 0.2) is 5.13 Å². The predicted octanol–water partition coefficient (Wildman–Crippen LogP) is 2.77. The van der Waals surface area contributed by atoms with Crippen molar-refractivity contribution in [3.8, 4) is 0 Å². The van der Waals surface area contributed by atoms with Crippen molar-refractivity contribution in [3.63, 3.8) is 0 Å². The summed E-state index contributed by atoms with van der Waals surface area (Å²) < 4.78 is 0.603. The van der Waals surface area contributed by atoms with Gasteiger partial charge in [0, 0.05) is 24.4 Å². The molecule has 0 aromatic carbocycles. The van der Waals surface area contributed by atoms with Crippen LogP contribution in [0.4, 0.5) is 5.13 Å². The lowest BCUT2D eigenvalue weighted by Gasteiger charge is -2.11. The van der Waals surface area contributed by atoms with Crippen LogP contribution in [-0.4, -0.2) is 24.0 Å². The summed E-state index contributed by atoms with van der Waals surface area (Å²) in [5.74, 6) is 0.0786. The zero-order chi connectivity index (χ0) is 12.4. The lowest BCUT2D eigenvalue weighted by molar-refractivity contribution is -0.117. The van der Waals surface area contributed by atoms with Gasteiger partial charge in [0.05, 0.1) is 5.69 Å². The Hall–Kier alpha value is -1.30. The molecule has 0 N–H and O–H groups in total. The highest BCUT2D eigenvalue weighted by molar-refractivity contribution is 7.19. The van der Waals surface area contributed by atoms with E-state index in [1.807, 2.05) is 0 Å². The molecule has 1 atom stereocenters. The number of thiazole rings is 1. The minimum atomic E-state index is 0.00792. The van der Waals surface area contributed by atoms with E-state index in [0.29, 0.717) is 29.0 Å². The van der Waals surface area contributed by atoms with Crippen LogP contribution in [0.3, 0.4) is 0 Å². The summed E-state index contributed by atoms with van der Waals surface area (Å²) in [6.45, 7) is 2.69. The predicted molar refractivity (Wildman–Crippen MR) is 66.3 cm³/mol. The summed E-state index contributed by atoms with van der Waals surface area (Å²) >= 11 is 7.22. The first-order chi connectivity index (χ1) is 8.11. The average Bonchev–Trinajstić information content (AvgIpc) is 2.80. The maximum absolute atomic E-state index is 11.8. The minimum Gasteiger partial charge on any atom is -0.288 e. The van der Waals surface area contributed by atoms with E-state index < -0.39 is 0 Å². The molecule has 0 radical (unpaired) electrons. The van der Waals surface area contributed by atoms with E-state index in [9.17, 15) is 4.79 Å². The zero-order valence-corrected chi connectivity index (χ0v) is 10.7. The molecule has 2 rings (SSSR count). The maximum atomic E-state index is 11.8. The Kier molecular flexibility index (Phi) is 3.51. The number of nitrogens with zero attached hydrogens (tertiary/aromatic N) is 5. The van der Waals surface area contributed by atoms with Gasteiger partial charge in [-0.25, -0.2) is 4.98 Å². The minimum absolute atomic E-state index is 0.00792. The number of rotatable bonds is 3. The number of halogens is 1. The van der Waals surface area contributed by atoms with Crippen LogP contribution in [0.1, 0.15) is 12.1 Å². The third kappa shape index (κ3) is 2.52. The topological polar surface area (TPSA) is 82.0 Å². The van der Waals surface area contributed by atoms with Crippen molar-refractivity contribution in [2.45, 2.75) is 13.3 Å². The molecule has 0 spiro atoms. The van der Waals surface area contributed by atoms with Gasteiger partial charge in [-0.05, 0) is 18.4 Å². The lowest BCUT2D eigenvalue weighted by Crippen LogP contribution is -2.24. The van der Waals surface area contributed by atoms with Gasteiger partial charge in [0.25, 0.3) is 0 Å². The molecule has 1 unspecified atom stereocenters. The van der Waals surface area contributed by atoms with Crippen molar-refractivity contribution in [3.05, 3.63) is 20.5 Å². The highest BCUT2D eigenvalue weighted by Crippen LogP contribution is 2.33. The van der Waals surface area contributed by atoms with E-state index in [1.54, 1.807) is 11.8 Å². The molecule has 1 aliphatic heterocycles. The molecule has 8 heteroatoms. The quantitative estimate of drug-likeness (QED) is 0.481. The molecule has 1 fully saturated rings. The fourth-order valence-electron chi connectivity index (χ4n) is 1.72. The molecule has 90 valence electrons. The normalized spacial score (nSPS) is 19.5. The summed E-state index contributed by atoms with van der Waals surface area (Å²) in [6, 6.07) is 0. The number of azide groups is 1. The molecule has 1 aromatic rings. The Morgan fingerprint density at radius 2 is 2.53 bits per heavy atom. The molecular weight excluding hydrogens is 262 g/mol. The van der Waals surface area contributed by atoms with Gasteiger partial charge in [0.2, 0.25) is 5.91 Å². The number of anilines is 1. The van der Waals surface area contributed by atoms with Crippen LogP contribution >= 0.6 is 22.9 Å². The van der Waals surface area contributed by atoms with E-state index in [2.05, 4.69) is 15.0 Å². The van der Waals surface area contributed by atoms with Crippen LogP contribution in [0, 0.1) is 12.8 Å². The fourth-order valence-corrected chi connectivity index (χ4v) is 2.79. The second-order valence-electron chi connectivity index (χ2n) is 3.84. The molecule has 0 saturated carbocycles. The van der Waals surface area contributed by atoms with Gasteiger partial charge in [-0.1, -0.05) is 28.1 Å². The molecule has 1 aromatic heterocycles. The molecule has 1 aliphatic rings. The summed E-state index contributed by atoms with van der Waals surface area (Å²) in [5.41, 5.74) is 8.98. The van der Waals surface area contributed by atoms with E-state index in [4.69, 9.17) is 17.1 Å². The number of aryl methyl sites for hydroxylation is 1. The summed E-state index contributed by atoms with van der Waals surface area (Å²) in [6.07, 6.45) is 0.398. The van der Waals surface area contributed by atoms with Crippen molar-refractivity contribution in [1.29, 1.82) is 0 Å².